The van der Waals surface area contributed by atoms with Gasteiger partial charge in [0, 0.05) is 12.1 Å². The van der Waals surface area contributed by atoms with Gasteiger partial charge in [-0.25, -0.2) is 9.18 Å². The molecule has 0 amide bonds. The Kier molecular flexibility index (Phi) is 4.37. The van der Waals surface area contributed by atoms with Gasteiger partial charge >= 0.3 is 5.97 Å². The molecule has 0 radical (unpaired) electrons. The Morgan fingerprint density at radius 2 is 2.42 bits per heavy atom. The summed E-state index contributed by atoms with van der Waals surface area (Å²) in [6, 6.07) is 4.36. The number of anilines is 1. The highest BCUT2D eigenvalue weighted by Gasteiger charge is 2.18. The molecular formula is C14H19FN2O2. The highest BCUT2D eigenvalue weighted by molar-refractivity contribution is 5.88. The third-order valence-corrected chi connectivity index (χ3v) is 3.42. The van der Waals surface area contributed by atoms with Crippen molar-refractivity contribution in [1.29, 1.82) is 0 Å². The molecule has 1 fully saturated rings. The average molecular weight is 266 g/mol. The first-order valence-electron chi connectivity index (χ1n) is 6.59. The van der Waals surface area contributed by atoms with E-state index in [0.717, 1.165) is 19.4 Å². The van der Waals surface area contributed by atoms with Crippen molar-refractivity contribution in [3.63, 3.8) is 0 Å². The maximum atomic E-state index is 13.6. The molecule has 0 aromatic heterocycles. The Bertz CT molecular complexity index is 459. The first-order valence-corrected chi connectivity index (χ1v) is 6.59. The summed E-state index contributed by atoms with van der Waals surface area (Å²) in [6.07, 6.45) is 3.22. The van der Waals surface area contributed by atoms with Crippen LogP contribution in [0.5, 0.6) is 0 Å². The second kappa shape index (κ2) is 6.02. The van der Waals surface area contributed by atoms with Crippen molar-refractivity contribution >= 4 is 11.7 Å². The molecule has 2 atom stereocenters. The number of aromatic carboxylic acids is 1. The summed E-state index contributed by atoms with van der Waals surface area (Å²) in [5.41, 5.74) is 0.348. The minimum Gasteiger partial charge on any atom is -0.478 e. The fourth-order valence-corrected chi connectivity index (χ4v) is 2.48. The Hall–Kier alpha value is -1.62. The molecule has 4 nitrogen and oxygen atoms in total. The van der Waals surface area contributed by atoms with Crippen LogP contribution in [0.15, 0.2) is 18.2 Å². The van der Waals surface area contributed by atoms with Crippen molar-refractivity contribution < 1.29 is 14.3 Å². The molecule has 1 aromatic rings. The fourth-order valence-electron chi connectivity index (χ4n) is 2.48. The average Bonchev–Trinajstić information content (AvgIpc) is 2.84. The lowest BCUT2D eigenvalue weighted by Gasteiger charge is -2.20. The highest BCUT2D eigenvalue weighted by Crippen LogP contribution is 2.19. The van der Waals surface area contributed by atoms with Crippen molar-refractivity contribution in [2.24, 2.45) is 0 Å². The van der Waals surface area contributed by atoms with Crippen molar-refractivity contribution in [2.75, 3.05) is 11.9 Å². The van der Waals surface area contributed by atoms with Gasteiger partial charge in [0.15, 0.2) is 0 Å². The lowest BCUT2D eigenvalue weighted by atomic mass is 10.1. The lowest BCUT2D eigenvalue weighted by molar-refractivity contribution is 0.0697. The van der Waals surface area contributed by atoms with Crippen LogP contribution in [0, 0.1) is 5.82 Å². The van der Waals surface area contributed by atoms with Crippen molar-refractivity contribution in [3.05, 3.63) is 29.6 Å². The Morgan fingerprint density at radius 1 is 1.63 bits per heavy atom. The molecule has 3 N–H and O–H groups in total. The zero-order valence-corrected chi connectivity index (χ0v) is 10.9. The summed E-state index contributed by atoms with van der Waals surface area (Å²) in [5.74, 6) is -1.47. The molecule has 0 bridgehead atoms. The molecule has 0 saturated carbocycles. The molecule has 1 saturated heterocycles. The molecule has 0 aliphatic carbocycles. The summed E-state index contributed by atoms with van der Waals surface area (Å²) in [4.78, 5) is 10.9. The number of carboxylic acid groups (broad SMARTS) is 1. The number of halogens is 1. The van der Waals surface area contributed by atoms with E-state index in [4.69, 9.17) is 5.11 Å². The molecule has 1 aliphatic rings. The highest BCUT2D eigenvalue weighted by atomic mass is 19.1. The lowest BCUT2D eigenvalue weighted by Crippen LogP contribution is -2.29. The van der Waals surface area contributed by atoms with Gasteiger partial charge in [0.2, 0.25) is 0 Å². The van der Waals surface area contributed by atoms with Crippen molar-refractivity contribution in [3.8, 4) is 0 Å². The summed E-state index contributed by atoms with van der Waals surface area (Å²) < 4.78 is 13.6. The minimum atomic E-state index is -1.05. The van der Waals surface area contributed by atoms with Gasteiger partial charge in [-0.15, -0.1) is 0 Å². The molecule has 5 heteroatoms. The maximum Gasteiger partial charge on any atom is 0.335 e. The normalized spacial score (nSPS) is 20.2. The fraction of sp³-hybridized carbons (Fsp3) is 0.500. The SMILES string of the molecule is CC(CC1CCCN1)Nc1cc(C(=O)O)ccc1F. The van der Waals surface area contributed by atoms with Gasteiger partial charge in [-0.3, -0.25) is 0 Å². The van der Waals surface area contributed by atoms with Crippen LogP contribution in [-0.2, 0) is 0 Å². The smallest absolute Gasteiger partial charge is 0.335 e. The summed E-state index contributed by atoms with van der Waals surface area (Å²) in [6.45, 7) is 3.02. The molecule has 2 rings (SSSR count). The van der Waals surface area contributed by atoms with Crippen LogP contribution in [0.25, 0.3) is 0 Å². The minimum absolute atomic E-state index is 0.0918. The Balaban J connectivity index is 2.00. The first-order chi connectivity index (χ1) is 9.06. The molecule has 19 heavy (non-hydrogen) atoms. The second-order valence-electron chi connectivity index (χ2n) is 5.07. The predicted octanol–water partition coefficient (Wildman–Crippen LogP) is 2.47. The molecule has 2 unspecified atom stereocenters. The van der Waals surface area contributed by atoms with Gasteiger partial charge in [-0.2, -0.15) is 0 Å². The van der Waals surface area contributed by atoms with E-state index in [-0.39, 0.29) is 17.3 Å². The zero-order chi connectivity index (χ0) is 13.8. The van der Waals surface area contributed by atoms with E-state index >= 15 is 0 Å². The van der Waals surface area contributed by atoms with Crippen molar-refractivity contribution in [1.82, 2.24) is 5.32 Å². The summed E-state index contributed by atoms with van der Waals surface area (Å²) in [5, 5.41) is 15.3. The number of hydrogen-bond acceptors (Lipinski definition) is 3. The van der Waals surface area contributed by atoms with Gasteiger partial charge < -0.3 is 15.7 Å². The van der Waals surface area contributed by atoms with E-state index in [1.54, 1.807) is 0 Å². The Labute approximate surface area is 112 Å². The zero-order valence-electron chi connectivity index (χ0n) is 10.9. The van der Waals surface area contributed by atoms with Crippen LogP contribution >= 0.6 is 0 Å². The molecule has 0 spiro atoms. The standard InChI is InChI=1S/C14H19FN2O2/c1-9(7-11-3-2-6-16-11)17-13-8-10(14(18)19)4-5-12(13)15/h4-5,8-9,11,16-17H,2-3,6-7H2,1H3,(H,18,19). The second-order valence-corrected chi connectivity index (χ2v) is 5.07. The van der Waals surface area contributed by atoms with Gasteiger partial charge in [-0.1, -0.05) is 0 Å². The third kappa shape index (κ3) is 3.67. The van der Waals surface area contributed by atoms with Crippen LogP contribution in [0.2, 0.25) is 0 Å². The number of benzene rings is 1. The van der Waals surface area contributed by atoms with E-state index in [9.17, 15) is 9.18 Å². The topological polar surface area (TPSA) is 61.4 Å². The quantitative estimate of drug-likeness (QED) is 0.766. The van der Waals surface area contributed by atoms with Crippen LogP contribution in [0.4, 0.5) is 10.1 Å². The molecule has 1 heterocycles. The predicted molar refractivity (Wildman–Crippen MR) is 72.1 cm³/mol. The van der Waals surface area contributed by atoms with E-state index in [1.165, 1.54) is 24.6 Å². The number of nitrogens with one attached hydrogen (secondary N) is 2. The molecular weight excluding hydrogens is 247 g/mol. The van der Waals surface area contributed by atoms with Gasteiger partial charge in [0.25, 0.3) is 0 Å². The molecule has 1 aromatic carbocycles. The summed E-state index contributed by atoms with van der Waals surface area (Å²) >= 11 is 0. The number of hydrogen-bond donors (Lipinski definition) is 3. The van der Waals surface area contributed by atoms with Crippen LogP contribution in [0.1, 0.15) is 36.5 Å². The van der Waals surface area contributed by atoms with E-state index in [2.05, 4.69) is 10.6 Å². The van der Waals surface area contributed by atoms with Crippen LogP contribution < -0.4 is 10.6 Å². The monoisotopic (exact) mass is 266 g/mol. The van der Waals surface area contributed by atoms with E-state index in [0.29, 0.717) is 6.04 Å². The van der Waals surface area contributed by atoms with Crippen LogP contribution in [-0.4, -0.2) is 29.7 Å². The van der Waals surface area contributed by atoms with Gasteiger partial charge in [-0.05, 0) is 50.9 Å². The number of rotatable bonds is 5. The van der Waals surface area contributed by atoms with E-state index < -0.39 is 11.8 Å². The van der Waals surface area contributed by atoms with Crippen LogP contribution in [0.3, 0.4) is 0 Å². The largest absolute Gasteiger partial charge is 0.478 e. The summed E-state index contributed by atoms with van der Waals surface area (Å²) in [7, 11) is 0. The molecule has 104 valence electrons. The number of carboxylic acids is 1. The molecule has 1 aliphatic heterocycles. The maximum absolute atomic E-state index is 13.6. The number of carbonyl (C=O) groups is 1. The third-order valence-electron chi connectivity index (χ3n) is 3.42. The van der Waals surface area contributed by atoms with Gasteiger partial charge in [0.1, 0.15) is 5.82 Å². The Morgan fingerprint density at radius 3 is 3.05 bits per heavy atom. The first kappa shape index (κ1) is 13.8. The van der Waals surface area contributed by atoms with Gasteiger partial charge in [0.05, 0.1) is 11.3 Å². The van der Waals surface area contributed by atoms with Crippen molar-refractivity contribution in [2.45, 2.75) is 38.3 Å². The van der Waals surface area contributed by atoms with E-state index in [1.807, 2.05) is 6.92 Å².